The fourth-order valence-electron chi connectivity index (χ4n) is 1.78. The molecule has 1 saturated heterocycles. The molecular weight excluding hydrogens is 164 g/mol. The van der Waals surface area contributed by atoms with Gasteiger partial charge in [-0.15, -0.1) is 0 Å². The summed E-state index contributed by atoms with van der Waals surface area (Å²) in [4.78, 5) is 2.44. The minimum absolute atomic E-state index is 0.414. The van der Waals surface area contributed by atoms with E-state index in [0.717, 1.165) is 31.9 Å². The minimum Gasteiger partial charge on any atom is -0.468 e. The maximum atomic E-state index is 5.39. The van der Waals surface area contributed by atoms with Crippen molar-refractivity contribution >= 4 is 0 Å². The van der Waals surface area contributed by atoms with E-state index in [1.807, 2.05) is 12.1 Å². The van der Waals surface area contributed by atoms with Crippen LogP contribution < -0.4 is 5.32 Å². The largest absolute Gasteiger partial charge is 0.468 e. The number of furan rings is 1. The summed E-state index contributed by atoms with van der Waals surface area (Å²) in [5.41, 5.74) is 0. The van der Waals surface area contributed by atoms with Crippen LogP contribution in [-0.2, 0) is 0 Å². The third-order valence-corrected chi connectivity index (χ3v) is 2.65. The maximum Gasteiger partial charge on any atom is 0.120 e. The van der Waals surface area contributed by atoms with E-state index < -0.39 is 0 Å². The van der Waals surface area contributed by atoms with Gasteiger partial charge in [-0.25, -0.2) is 0 Å². The van der Waals surface area contributed by atoms with E-state index in [4.69, 9.17) is 4.42 Å². The van der Waals surface area contributed by atoms with Gasteiger partial charge in [0, 0.05) is 26.2 Å². The van der Waals surface area contributed by atoms with Gasteiger partial charge in [0.05, 0.1) is 12.3 Å². The molecular formula is C10H16N2O. The molecule has 1 N–H and O–H groups in total. The van der Waals surface area contributed by atoms with Gasteiger partial charge in [0.2, 0.25) is 0 Å². The third kappa shape index (κ3) is 1.92. The SMILES string of the molecule is C[C@H](c1ccco1)N1CCNCC1. The molecule has 1 aliphatic heterocycles. The van der Waals surface area contributed by atoms with Crippen LogP contribution in [0, 0.1) is 0 Å². The van der Waals surface area contributed by atoms with Crippen molar-refractivity contribution in [2.24, 2.45) is 0 Å². The smallest absolute Gasteiger partial charge is 0.120 e. The normalized spacial score (nSPS) is 21.6. The van der Waals surface area contributed by atoms with Gasteiger partial charge in [0.1, 0.15) is 5.76 Å². The van der Waals surface area contributed by atoms with Crippen LogP contribution in [0.5, 0.6) is 0 Å². The summed E-state index contributed by atoms with van der Waals surface area (Å²) < 4.78 is 5.39. The Bertz CT molecular complexity index is 239. The zero-order valence-corrected chi connectivity index (χ0v) is 7.99. The maximum absolute atomic E-state index is 5.39. The Morgan fingerprint density at radius 2 is 2.23 bits per heavy atom. The van der Waals surface area contributed by atoms with E-state index in [1.54, 1.807) is 6.26 Å². The molecule has 1 aromatic heterocycles. The predicted molar refractivity (Wildman–Crippen MR) is 51.6 cm³/mol. The summed E-state index contributed by atoms with van der Waals surface area (Å²) >= 11 is 0. The highest BCUT2D eigenvalue weighted by molar-refractivity contribution is 5.03. The first-order valence-electron chi connectivity index (χ1n) is 4.86. The van der Waals surface area contributed by atoms with E-state index in [-0.39, 0.29) is 0 Å². The van der Waals surface area contributed by atoms with E-state index in [9.17, 15) is 0 Å². The lowest BCUT2D eigenvalue weighted by Crippen LogP contribution is -2.44. The molecule has 0 radical (unpaired) electrons. The lowest BCUT2D eigenvalue weighted by molar-refractivity contribution is 0.167. The lowest BCUT2D eigenvalue weighted by atomic mass is 10.2. The molecule has 3 heteroatoms. The van der Waals surface area contributed by atoms with Gasteiger partial charge in [-0.05, 0) is 19.1 Å². The fourth-order valence-corrected chi connectivity index (χ4v) is 1.78. The molecule has 0 saturated carbocycles. The lowest BCUT2D eigenvalue weighted by Gasteiger charge is -2.31. The van der Waals surface area contributed by atoms with Crippen molar-refractivity contribution in [2.45, 2.75) is 13.0 Å². The molecule has 1 aliphatic rings. The van der Waals surface area contributed by atoms with Gasteiger partial charge in [-0.2, -0.15) is 0 Å². The second kappa shape index (κ2) is 3.94. The van der Waals surface area contributed by atoms with E-state index in [0.29, 0.717) is 6.04 Å². The molecule has 1 aromatic rings. The molecule has 0 spiro atoms. The summed E-state index contributed by atoms with van der Waals surface area (Å²) in [5, 5.41) is 3.34. The van der Waals surface area contributed by atoms with Crippen LogP contribution in [0.1, 0.15) is 18.7 Å². The average Bonchev–Trinajstić information content (AvgIpc) is 2.71. The summed E-state index contributed by atoms with van der Waals surface area (Å²) in [6.07, 6.45) is 1.74. The molecule has 0 bridgehead atoms. The Kier molecular flexibility index (Phi) is 2.66. The molecule has 72 valence electrons. The highest BCUT2D eigenvalue weighted by Gasteiger charge is 2.19. The van der Waals surface area contributed by atoms with Crippen LogP contribution in [-0.4, -0.2) is 31.1 Å². The second-order valence-electron chi connectivity index (χ2n) is 3.48. The number of nitrogens with zero attached hydrogens (tertiary/aromatic N) is 1. The Balaban J connectivity index is 1.99. The van der Waals surface area contributed by atoms with Gasteiger partial charge in [-0.1, -0.05) is 0 Å². The topological polar surface area (TPSA) is 28.4 Å². The Labute approximate surface area is 78.7 Å². The highest BCUT2D eigenvalue weighted by Crippen LogP contribution is 2.20. The van der Waals surface area contributed by atoms with E-state index in [2.05, 4.69) is 17.1 Å². The molecule has 2 rings (SSSR count). The third-order valence-electron chi connectivity index (χ3n) is 2.65. The van der Waals surface area contributed by atoms with Gasteiger partial charge in [0.25, 0.3) is 0 Å². The first kappa shape index (κ1) is 8.78. The Hall–Kier alpha value is -0.800. The molecule has 0 amide bonds. The first-order valence-corrected chi connectivity index (χ1v) is 4.86. The fraction of sp³-hybridized carbons (Fsp3) is 0.600. The zero-order valence-electron chi connectivity index (χ0n) is 7.99. The molecule has 0 aliphatic carbocycles. The van der Waals surface area contributed by atoms with Crippen molar-refractivity contribution in [1.29, 1.82) is 0 Å². The summed E-state index contributed by atoms with van der Waals surface area (Å²) in [5.74, 6) is 1.07. The molecule has 0 aromatic carbocycles. The Morgan fingerprint density at radius 3 is 2.85 bits per heavy atom. The van der Waals surface area contributed by atoms with Crippen molar-refractivity contribution in [3.63, 3.8) is 0 Å². The number of rotatable bonds is 2. The standard InChI is InChI=1S/C10H16N2O/c1-9(10-3-2-8-13-10)12-6-4-11-5-7-12/h2-3,8-9,11H,4-7H2,1H3/t9-/m1/s1. The van der Waals surface area contributed by atoms with Gasteiger partial charge in [-0.3, -0.25) is 4.90 Å². The molecule has 1 atom stereocenters. The summed E-state index contributed by atoms with van der Waals surface area (Å²) in [7, 11) is 0. The molecule has 0 unspecified atom stereocenters. The molecule has 13 heavy (non-hydrogen) atoms. The average molecular weight is 180 g/mol. The van der Waals surface area contributed by atoms with Crippen LogP contribution in [0.25, 0.3) is 0 Å². The van der Waals surface area contributed by atoms with Crippen LogP contribution in [0.4, 0.5) is 0 Å². The van der Waals surface area contributed by atoms with Crippen molar-refractivity contribution in [3.8, 4) is 0 Å². The second-order valence-corrected chi connectivity index (χ2v) is 3.48. The molecule has 2 heterocycles. The number of hydrogen-bond acceptors (Lipinski definition) is 3. The van der Waals surface area contributed by atoms with Crippen LogP contribution in [0.15, 0.2) is 22.8 Å². The van der Waals surface area contributed by atoms with Crippen LogP contribution in [0.2, 0.25) is 0 Å². The van der Waals surface area contributed by atoms with E-state index >= 15 is 0 Å². The first-order chi connectivity index (χ1) is 6.38. The van der Waals surface area contributed by atoms with Crippen LogP contribution in [0.3, 0.4) is 0 Å². The van der Waals surface area contributed by atoms with Crippen LogP contribution >= 0.6 is 0 Å². The molecule has 3 nitrogen and oxygen atoms in total. The van der Waals surface area contributed by atoms with E-state index in [1.165, 1.54) is 0 Å². The number of hydrogen-bond donors (Lipinski definition) is 1. The minimum atomic E-state index is 0.414. The van der Waals surface area contributed by atoms with Gasteiger partial charge in [0.15, 0.2) is 0 Å². The van der Waals surface area contributed by atoms with Crippen molar-refractivity contribution < 1.29 is 4.42 Å². The summed E-state index contributed by atoms with van der Waals surface area (Å²) in [6, 6.07) is 4.41. The van der Waals surface area contributed by atoms with Gasteiger partial charge < -0.3 is 9.73 Å². The quantitative estimate of drug-likeness (QED) is 0.742. The monoisotopic (exact) mass is 180 g/mol. The number of piperazine rings is 1. The highest BCUT2D eigenvalue weighted by atomic mass is 16.3. The van der Waals surface area contributed by atoms with Crippen molar-refractivity contribution in [3.05, 3.63) is 24.2 Å². The molecule has 1 fully saturated rings. The predicted octanol–water partition coefficient (Wildman–Crippen LogP) is 1.25. The van der Waals surface area contributed by atoms with Gasteiger partial charge >= 0.3 is 0 Å². The number of nitrogens with one attached hydrogen (secondary N) is 1. The van der Waals surface area contributed by atoms with Crippen molar-refractivity contribution in [2.75, 3.05) is 26.2 Å². The van der Waals surface area contributed by atoms with Crippen molar-refractivity contribution in [1.82, 2.24) is 10.2 Å². The Morgan fingerprint density at radius 1 is 1.46 bits per heavy atom. The summed E-state index contributed by atoms with van der Waals surface area (Å²) in [6.45, 7) is 6.60. The zero-order chi connectivity index (χ0) is 9.10.